The molecule has 2 aromatic rings. The Bertz CT molecular complexity index is 915. The highest BCUT2D eigenvalue weighted by molar-refractivity contribution is 6.39. The van der Waals surface area contributed by atoms with Crippen molar-refractivity contribution in [3.8, 4) is 0 Å². The molecule has 0 bridgehead atoms. The number of aromatic nitrogens is 2. The average Bonchev–Trinajstić information content (AvgIpc) is 2.73. The number of nitrogens with one attached hydrogen (secondary N) is 2. The molecule has 152 valence electrons. The monoisotopic (exact) mass is 396 g/mol. The smallest absolute Gasteiger partial charge is 0.315 e. The summed E-state index contributed by atoms with van der Waals surface area (Å²) in [7, 11) is 1.78. The maximum atomic E-state index is 13.0. The van der Waals surface area contributed by atoms with E-state index in [1.807, 2.05) is 19.1 Å². The van der Waals surface area contributed by atoms with Gasteiger partial charge in [0.05, 0.1) is 11.6 Å². The minimum Gasteiger partial charge on any atom is -0.373 e. The number of piperidine rings is 1. The predicted octanol–water partition coefficient (Wildman–Crippen LogP) is 1.56. The minimum atomic E-state index is -0.856. The number of primary amides is 1. The summed E-state index contributed by atoms with van der Waals surface area (Å²) in [6, 6.07) is 6.46. The number of carbonyl (C=O) groups excluding carboxylic acids is 3. The van der Waals surface area contributed by atoms with E-state index < -0.39 is 17.7 Å². The molecule has 4 N–H and O–H groups in total. The Balaban J connectivity index is 1.82. The maximum absolute atomic E-state index is 13.0. The van der Waals surface area contributed by atoms with Crippen LogP contribution in [0.4, 0.5) is 11.6 Å². The molecule has 2 aromatic heterocycles. The summed E-state index contributed by atoms with van der Waals surface area (Å²) in [5.41, 5.74) is 6.23. The van der Waals surface area contributed by atoms with Crippen LogP contribution in [0, 0.1) is 5.92 Å². The van der Waals surface area contributed by atoms with E-state index in [1.54, 1.807) is 18.1 Å². The Morgan fingerprint density at radius 3 is 2.62 bits per heavy atom. The van der Waals surface area contributed by atoms with Crippen LogP contribution in [0.2, 0.25) is 0 Å². The van der Waals surface area contributed by atoms with Gasteiger partial charge >= 0.3 is 11.8 Å². The van der Waals surface area contributed by atoms with Crippen molar-refractivity contribution in [3.63, 3.8) is 0 Å². The fourth-order valence-electron chi connectivity index (χ4n) is 3.47. The van der Waals surface area contributed by atoms with Crippen LogP contribution in [0.25, 0.3) is 0 Å². The number of hydrogen-bond acceptors (Lipinski definition) is 6. The zero-order chi connectivity index (χ0) is 21.0. The fraction of sp³-hybridized carbons (Fsp3) is 0.350. The quantitative estimate of drug-likeness (QED) is 0.672. The third kappa shape index (κ3) is 4.50. The molecule has 1 aliphatic heterocycles. The van der Waals surface area contributed by atoms with Gasteiger partial charge in [0.1, 0.15) is 11.6 Å². The van der Waals surface area contributed by atoms with E-state index in [1.165, 1.54) is 18.3 Å². The minimum absolute atomic E-state index is 0.0278. The fourth-order valence-corrected chi connectivity index (χ4v) is 3.47. The van der Waals surface area contributed by atoms with Crippen LogP contribution in [0.5, 0.6) is 0 Å². The topological polar surface area (TPSA) is 130 Å². The second-order valence-corrected chi connectivity index (χ2v) is 7.10. The SMILES string of the molecule is CNc1ccc([C@H]2CC[C@H](C)CN2C(=O)C(=O)Nc2ncccc2C(N)=O)cn1. The molecule has 3 rings (SSSR count). The highest BCUT2D eigenvalue weighted by Crippen LogP contribution is 2.33. The van der Waals surface area contributed by atoms with Crippen molar-refractivity contribution < 1.29 is 14.4 Å². The number of pyridine rings is 2. The molecule has 3 heterocycles. The number of likely N-dealkylation sites (tertiary alicyclic amines) is 1. The van der Waals surface area contributed by atoms with Crippen molar-refractivity contribution in [2.75, 3.05) is 24.2 Å². The summed E-state index contributed by atoms with van der Waals surface area (Å²) in [6.45, 7) is 2.50. The Labute approximate surface area is 168 Å². The Morgan fingerprint density at radius 2 is 1.97 bits per heavy atom. The molecule has 2 atom stereocenters. The van der Waals surface area contributed by atoms with Crippen molar-refractivity contribution in [2.24, 2.45) is 11.7 Å². The van der Waals surface area contributed by atoms with E-state index in [0.717, 1.165) is 24.2 Å². The van der Waals surface area contributed by atoms with Crippen molar-refractivity contribution in [1.82, 2.24) is 14.9 Å². The number of hydrogen-bond donors (Lipinski definition) is 3. The molecule has 9 heteroatoms. The molecule has 1 saturated heterocycles. The van der Waals surface area contributed by atoms with E-state index in [-0.39, 0.29) is 23.3 Å². The molecular weight excluding hydrogens is 372 g/mol. The van der Waals surface area contributed by atoms with Crippen LogP contribution in [0.1, 0.15) is 41.7 Å². The number of amides is 3. The summed E-state index contributed by atoms with van der Waals surface area (Å²) < 4.78 is 0. The summed E-state index contributed by atoms with van der Waals surface area (Å²) in [4.78, 5) is 47.0. The molecule has 1 aliphatic rings. The first-order chi connectivity index (χ1) is 13.9. The molecule has 0 aromatic carbocycles. The molecule has 1 fully saturated rings. The van der Waals surface area contributed by atoms with Gasteiger partial charge in [-0.05, 0) is 42.5 Å². The van der Waals surface area contributed by atoms with Gasteiger partial charge in [-0.25, -0.2) is 9.97 Å². The van der Waals surface area contributed by atoms with E-state index in [2.05, 4.69) is 20.6 Å². The van der Waals surface area contributed by atoms with Crippen LogP contribution in [0.3, 0.4) is 0 Å². The summed E-state index contributed by atoms with van der Waals surface area (Å²) in [5, 5.41) is 5.38. The summed E-state index contributed by atoms with van der Waals surface area (Å²) in [5.74, 6) is -1.31. The van der Waals surface area contributed by atoms with Crippen LogP contribution < -0.4 is 16.4 Å². The molecular formula is C20H24N6O3. The highest BCUT2D eigenvalue weighted by atomic mass is 16.2. The normalized spacial score (nSPS) is 18.8. The lowest BCUT2D eigenvalue weighted by Crippen LogP contribution is -2.46. The third-order valence-corrected chi connectivity index (χ3v) is 5.00. The van der Waals surface area contributed by atoms with Gasteiger partial charge in [0.15, 0.2) is 0 Å². The Kier molecular flexibility index (Phi) is 6.06. The van der Waals surface area contributed by atoms with Crippen molar-refractivity contribution in [2.45, 2.75) is 25.8 Å². The Morgan fingerprint density at radius 1 is 1.17 bits per heavy atom. The molecule has 0 spiro atoms. The lowest BCUT2D eigenvalue weighted by molar-refractivity contribution is -0.146. The Hall–Kier alpha value is -3.49. The second kappa shape index (κ2) is 8.68. The van der Waals surface area contributed by atoms with E-state index in [9.17, 15) is 14.4 Å². The zero-order valence-electron chi connectivity index (χ0n) is 16.4. The molecule has 0 unspecified atom stereocenters. The largest absolute Gasteiger partial charge is 0.373 e. The number of nitrogens with zero attached hydrogens (tertiary/aromatic N) is 3. The average molecular weight is 396 g/mol. The molecule has 0 saturated carbocycles. The van der Waals surface area contributed by atoms with Gasteiger partial charge in [-0.3, -0.25) is 14.4 Å². The number of rotatable bonds is 4. The van der Waals surface area contributed by atoms with Crippen LogP contribution in [0.15, 0.2) is 36.7 Å². The van der Waals surface area contributed by atoms with Gasteiger partial charge in [0, 0.05) is 26.0 Å². The van der Waals surface area contributed by atoms with E-state index >= 15 is 0 Å². The van der Waals surface area contributed by atoms with Gasteiger partial charge in [-0.2, -0.15) is 0 Å². The molecule has 0 radical (unpaired) electrons. The second-order valence-electron chi connectivity index (χ2n) is 7.10. The summed E-state index contributed by atoms with van der Waals surface area (Å²) >= 11 is 0. The first kappa shape index (κ1) is 20.2. The first-order valence-electron chi connectivity index (χ1n) is 9.41. The van der Waals surface area contributed by atoms with Crippen molar-refractivity contribution in [3.05, 3.63) is 47.8 Å². The van der Waals surface area contributed by atoms with Crippen LogP contribution in [-0.4, -0.2) is 46.2 Å². The number of anilines is 2. The predicted molar refractivity (Wildman–Crippen MR) is 108 cm³/mol. The number of nitrogens with two attached hydrogens (primary N) is 1. The van der Waals surface area contributed by atoms with Crippen LogP contribution in [-0.2, 0) is 9.59 Å². The number of carbonyl (C=O) groups is 3. The molecule has 9 nitrogen and oxygen atoms in total. The van der Waals surface area contributed by atoms with Gasteiger partial charge in [-0.1, -0.05) is 13.0 Å². The third-order valence-electron chi connectivity index (χ3n) is 5.00. The van der Waals surface area contributed by atoms with E-state index in [4.69, 9.17) is 5.73 Å². The summed E-state index contributed by atoms with van der Waals surface area (Å²) in [6.07, 6.45) is 4.80. The van der Waals surface area contributed by atoms with Gasteiger partial charge in [0.2, 0.25) is 0 Å². The maximum Gasteiger partial charge on any atom is 0.315 e. The van der Waals surface area contributed by atoms with Crippen molar-refractivity contribution >= 4 is 29.4 Å². The van der Waals surface area contributed by atoms with Gasteiger partial charge in [-0.15, -0.1) is 0 Å². The van der Waals surface area contributed by atoms with E-state index in [0.29, 0.717) is 6.54 Å². The molecule has 0 aliphatic carbocycles. The van der Waals surface area contributed by atoms with Gasteiger partial charge in [0.25, 0.3) is 5.91 Å². The zero-order valence-corrected chi connectivity index (χ0v) is 16.4. The first-order valence-corrected chi connectivity index (χ1v) is 9.41. The van der Waals surface area contributed by atoms with Gasteiger partial charge < -0.3 is 21.3 Å². The lowest BCUT2D eigenvalue weighted by atomic mass is 9.90. The lowest BCUT2D eigenvalue weighted by Gasteiger charge is -2.38. The molecule has 3 amide bonds. The molecule has 29 heavy (non-hydrogen) atoms. The highest BCUT2D eigenvalue weighted by Gasteiger charge is 2.34. The van der Waals surface area contributed by atoms with Crippen LogP contribution >= 0.6 is 0 Å². The standard InChI is InChI=1S/C20H24N6O3/c1-12-5-7-15(13-6-8-16(22-2)24-10-13)26(11-12)20(29)19(28)25-18-14(17(21)27)4-3-9-23-18/h3-4,6,8-10,12,15H,5,7,11H2,1-2H3,(H2,21,27)(H,22,24)(H,23,25,28)/t12-,15+/m0/s1. The van der Waals surface area contributed by atoms with Crippen molar-refractivity contribution in [1.29, 1.82) is 0 Å².